The fourth-order valence-electron chi connectivity index (χ4n) is 1.82. The Balaban J connectivity index is 2.97. The van der Waals surface area contributed by atoms with Gasteiger partial charge in [-0.15, -0.1) is 11.3 Å². The van der Waals surface area contributed by atoms with Crippen LogP contribution in [0.15, 0.2) is 5.38 Å². The van der Waals surface area contributed by atoms with Gasteiger partial charge in [-0.2, -0.15) is 0 Å². The van der Waals surface area contributed by atoms with Crippen molar-refractivity contribution in [1.29, 1.82) is 0 Å². The Kier molecular flexibility index (Phi) is 6.33. The molecule has 23 heavy (non-hydrogen) atoms. The molecule has 1 aromatic rings. The van der Waals surface area contributed by atoms with Crippen molar-refractivity contribution in [3.05, 3.63) is 16.1 Å². The van der Waals surface area contributed by atoms with Gasteiger partial charge in [-0.3, -0.25) is 4.79 Å². The first-order chi connectivity index (χ1) is 10.4. The lowest BCUT2D eigenvalue weighted by atomic mass is 9.89. The van der Waals surface area contributed by atoms with Crippen molar-refractivity contribution in [3.8, 4) is 0 Å². The van der Waals surface area contributed by atoms with Crippen LogP contribution >= 0.6 is 11.3 Å². The van der Waals surface area contributed by atoms with Crippen molar-refractivity contribution in [2.45, 2.75) is 73.0 Å². The molecule has 1 aromatic heterocycles. The lowest BCUT2D eigenvalue weighted by Gasteiger charge is -2.28. The van der Waals surface area contributed by atoms with Gasteiger partial charge in [-0.25, -0.2) is 9.78 Å². The molecule has 130 valence electrons. The van der Waals surface area contributed by atoms with E-state index in [4.69, 9.17) is 9.47 Å². The highest BCUT2D eigenvalue weighted by Gasteiger charge is 2.33. The first kappa shape index (κ1) is 19.6. The number of rotatable bonds is 5. The second kappa shape index (κ2) is 7.43. The summed E-state index contributed by atoms with van der Waals surface area (Å²) in [6.07, 6.45) is 0.621. The van der Waals surface area contributed by atoms with Crippen LogP contribution in [0.4, 0.5) is 0 Å². The summed E-state index contributed by atoms with van der Waals surface area (Å²) in [7, 11) is 0. The van der Waals surface area contributed by atoms with Crippen LogP contribution in [0.1, 0.15) is 82.9 Å². The number of thiazole rings is 1. The van der Waals surface area contributed by atoms with Crippen LogP contribution in [0.3, 0.4) is 0 Å². The maximum Gasteiger partial charge on any atom is 0.358 e. The molecule has 0 aliphatic carbocycles. The van der Waals surface area contributed by atoms with Crippen LogP contribution < -0.4 is 0 Å². The van der Waals surface area contributed by atoms with Crippen LogP contribution in [0.2, 0.25) is 0 Å². The maximum atomic E-state index is 12.1. The largest absolute Gasteiger partial charge is 0.455 e. The number of esters is 2. The molecule has 0 aromatic carbocycles. The third-order valence-corrected chi connectivity index (χ3v) is 3.73. The van der Waals surface area contributed by atoms with E-state index in [-0.39, 0.29) is 17.1 Å². The minimum absolute atomic E-state index is 0.249. The van der Waals surface area contributed by atoms with Gasteiger partial charge in [-0.1, -0.05) is 27.7 Å². The van der Waals surface area contributed by atoms with Gasteiger partial charge in [0.2, 0.25) is 0 Å². The molecule has 0 fully saturated rings. The highest BCUT2D eigenvalue weighted by Crippen LogP contribution is 2.38. The molecule has 0 saturated heterocycles. The first-order valence-corrected chi connectivity index (χ1v) is 8.70. The number of hydrogen-bond acceptors (Lipinski definition) is 6. The number of ether oxygens (including phenoxy) is 2. The van der Waals surface area contributed by atoms with Gasteiger partial charge in [-0.05, 0) is 27.2 Å². The van der Waals surface area contributed by atoms with Gasteiger partial charge in [0.15, 0.2) is 11.8 Å². The Hall–Kier alpha value is -1.43. The van der Waals surface area contributed by atoms with E-state index >= 15 is 0 Å². The fraction of sp³-hybridized carbons (Fsp3) is 0.706. The van der Waals surface area contributed by atoms with Gasteiger partial charge in [0.25, 0.3) is 0 Å². The summed E-state index contributed by atoms with van der Waals surface area (Å²) in [5, 5.41) is 2.26. The van der Waals surface area contributed by atoms with Gasteiger partial charge in [0.1, 0.15) is 10.6 Å². The molecular formula is C17H27NO4S. The van der Waals surface area contributed by atoms with E-state index in [0.717, 1.165) is 6.42 Å². The molecule has 0 radical (unpaired) electrons. The van der Waals surface area contributed by atoms with E-state index in [1.165, 1.54) is 11.3 Å². The lowest BCUT2D eigenvalue weighted by Crippen LogP contribution is -2.25. The highest BCUT2D eigenvalue weighted by molar-refractivity contribution is 7.09. The van der Waals surface area contributed by atoms with Gasteiger partial charge < -0.3 is 9.47 Å². The fourth-order valence-corrected chi connectivity index (χ4v) is 2.88. The number of aromatic nitrogens is 1. The van der Waals surface area contributed by atoms with Crippen LogP contribution in [0.25, 0.3) is 0 Å². The smallest absolute Gasteiger partial charge is 0.358 e. The quantitative estimate of drug-likeness (QED) is 0.736. The monoisotopic (exact) mass is 341 g/mol. The summed E-state index contributed by atoms with van der Waals surface area (Å²) in [4.78, 5) is 28.3. The standard InChI is InChI=1S/C17H27NO4S/c1-8-9-12(19)21-13(16(2,3)4)14-18-11(10-23-14)15(20)22-17(5,6)7/h10,13H,8-9H2,1-7H3/t13-/m1/s1. The molecule has 0 spiro atoms. The van der Waals surface area contributed by atoms with Crippen LogP contribution in [0.5, 0.6) is 0 Å². The zero-order chi connectivity index (χ0) is 17.8. The SMILES string of the molecule is CCCC(=O)O[C@H](c1nc(C(=O)OC(C)(C)C)cs1)C(C)(C)C. The first-order valence-electron chi connectivity index (χ1n) is 7.82. The van der Waals surface area contributed by atoms with Crippen molar-refractivity contribution < 1.29 is 19.1 Å². The van der Waals surface area contributed by atoms with E-state index in [0.29, 0.717) is 11.4 Å². The predicted octanol–water partition coefficient (Wildman–Crippen LogP) is 4.53. The number of hydrogen-bond donors (Lipinski definition) is 0. The summed E-state index contributed by atoms with van der Waals surface area (Å²) in [5.74, 6) is -0.714. The van der Waals surface area contributed by atoms with Crippen molar-refractivity contribution in [2.75, 3.05) is 0 Å². The predicted molar refractivity (Wildman–Crippen MR) is 90.5 cm³/mol. The third kappa shape index (κ3) is 6.29. The van der Waals surface area contributed by atoms with Crippen LogP contribution in [-0.2, 0) is 14.3 Å². The van der Waals surface area contributed by atoms with E-state index in [1.807, 2.05) is 48.5 Å². The average Bonchev–Trinajstić information content (AvgIpc) is 2.82. The van der Waals surface area contributed by atoms with Crippen molar-refractivity contribution in [3.63, 3.8) is 0 Å². The molecule has 0 N–H and O–H groups in total. The minimum Gasteiger partial charge on any atom is -0.455 e. The van der Waals surface area contributed by atoms with Crippen molar-refractivity contribution in [2.24, 2.45) is 5.41 Å². The Morgan fingerprint density at radius 2 is 1.83 bits per heavy atom. The average molecular weight is 341 g/mol. The Labute approximate surface area is 142 Å². The molecule has 0 bridgehead atoms. The van der Waals surface area contributed by atoms with Gasteiger partial charge in [0.05, 0.1) is 0 Å². The summed E-state index contributed by atoms with van der Waals surface area (Å²) in [5.41, 5.74) is -0.634. The molecule has 0 aliphatic rings. The second-order valence-electron chi connectivity index (χ2n) is 7.56. The van der Waals surface area contributed by atoms with E-state index in [1.54, 1.807) is 5.38 Å². The Morgan fingerprint density at radius 3 is 2.30 bits per heavy atom. The lowest BCUT2D eigenvalue weighted by molar-refractivity contribution is -0.155. The van der Waals surface area contributed by atoms with Crippen molar-refractivity contribution in [1.82, 2.24) is 4.98 Å². The number of nitrogens with zero attached hydrogens (tertiary/aromatic N) is 1. The summed E-state index contributed by atoms with van der Waals surface area (Å²) in [6, 6.07) is 0. The summed E-state index contributed by atoms with van der Waals surface area (Å²) < 4.78 is 10.9. The van der Waals surface area contributed by atoms with E-state index < -0.39 is 17.7 Å². The van der Waals surface area contributed by atoms with E-state index in [9.17, 15) is 9.59 Å². The maximum absolute atomic E-state index is 12.1. The molecule has 0 saturated carbocycles. The topological polar surface area (TPSA) is 65.5 Å². The second-order valence-corrected chi connectivity index (χ2v) is 8.45. The molecule has 5 nitrogen and oxygen atoms in total. The van der Waals surface area contributed by atoms with Crippen LogP contribution in [0, 0.1) is 5.41 Å². The van der Waals surface area contributed by atoms with Gasteiger partial charge in [0, 0.05) is 17.2 Å². The molecule has 0 amide bonds. The molecule has 0 aliphatic heterocycles. The summed E-state index contributed by atoms with van der Waals surface area (Å²) >= 11 is 1.31. The molecule has 0 unspecified atom stereocenters. The molecule has 1 heterocycles. The normalized spacial score (nSPS) is 13.5. The highest BCUT2D eigenvalue weighted by atomic mass is 32.1. The zero-order valence-electron chi connectivity index (χ0n) is 15.1. The summed E-state index contributed by atoms with van der Waals surface area (Å²) in [6.45, 7) is 13.3. The molecular weight excluding hydrogens is 314 g/mol. The number of carbonyl (C=O) groups is 2. The van der Waals surface area contributed by atoms with Crippen LogP contribution in [-0.4, -0.2) is 22.5 Å². The third-order valence-electron chi connectivity index (χ3n) is 2.84. The molecule has 1 rings (SSSR count). The van der Waals surface area contributed by atoms with E-state index in [2.05, 4.69) is 4.98 Å². The Bertz CT molecular complexity index is 552. The van der Waals surface area contributed by atoms with Gasteiger partial charge >= 0.3 is 11.9 Å². The molecule has 6 heteroatoms. The Morgan fingerprint density at radius 1 is 1.22 bits per heavy atom. The number of carbonyl (C=O) groups excluding carboxylic acids is 2. The van der Waals surface area contributed by atoms with Crippen molar-refractivity contribution >= 4 is 23.3 Å². The minimum atomic E-state index is -0.572. The molecule has 1 atom stereocenters. The zero-order valence-corrected chi connectivity index (χ0v) is 15.9.